The van der Waals surface area contributed by atoms with E-state index in [4.69, 9.17) is 16.0 Å². The van der Waals surface area contributed by atoms with Gasteiger partial charge in [-0.2, -0.15) is 0 Å². The molecule has 1 aromatic heterocycles. The van der Waals surface area contributed by atoms with Crippen LogP contribution in [0.1, 0.15) is 28.4 Å². The van der Waals surface area contributed by atoms with E-state index in [1.165, 1.54) is 24.7 Å². The average Bonchev–Trinajstić information content (AvgIpc) is 3.01. The van der Waals surface area contributed by atoms with Crippen molar-refractivity contribution < 1.29 is 19.2 Å². The second kappa shape index (κ2) is 7.06. The molecule has 0 saturated heterocycles. The molecule has 22 heavy (non-hydrogen) atoms. The van der Waals surface area contributed by atoms with E-state index in [9.17, 15) is 20.0 Å². The van der Waals surface area contributed by atoms with Crippen molar-refractivity contribution in [3.05, 3.63) is 63.1 Å². The van der Waals surface area contributed by atoms with Crippen molar-refractivity contribution in [2.24, 2.45) is 0 Å². The van der Waals surface area contributed by atoms with Gasteiger partial charge in [-0.3, -0.25) is 14.9 Å². The molecule has 2 aromatic rings. The third kappa shape index (κ3) is 3.84. The number of hydrogen-bond acceptors (Lipinski definition) is 5. The van der Waals surface area contributed by atoms with Gasteiger partial charge in [-0.15, -0.1) is 0 Å². The van der Waals surface area contributed by atoms with Crippen molar-refractivity contribution in [1.82, 2.24) is 5.32 Å². The molecule has 0 bridgehead atoms. The quantitative estimate of drug-likeness (QED) is 0.627. The van der Waals surface area contributed by atoms with E-state index in [2.05, 4.69) is 5.32 Å². The summed E-state index contributed by atoms with van der Waals surface area (Å²) in [5.41, 5.74) is 0.421. The van der Waals surface area contributed by atoms with Crippen LogP contribution in [-0.4, -0.2) is 22.5 Å². The van der Waals surface area contributed by atoms with E-state index in [-0.39, 0.29) is 29.2 Å². The second-order valence-corrected chi connectivity index (χ2v) is 4.95. The Labute approximate surface area is 130 Å². The fourth-order valence-electron chi connectivity index (χ4n) is 1.85. The van der Waals surface area contributed by atoms with Gasteiger partial charge in [-0.05, 0) is 18.6 Å². The van der Waals surface area contributed by atoms with Crippen molar-refractivity contribution in [2.45, 2.75) is 12.5 Å². The first-order chi connectivity index (χ1) is 10.5. The Morgan fingerprint density at radius 1 is 1.45 bits per heavy atom. The number of benzene rings is 1. The minimum atomic E-state index is -0.764. The fraction of sp³-hybridized carbons (Fsp3) is 0.214. The Morgan fingerprint density at radius 3 is 2.86 bits per heavy atom. The first kappa shape index (κ1) is 16.0. The lowest BCUT2D eigenvalue weighted by Gasteiger charge is -2.10. The van der Waals surface area contributed by atoms with Crippen LogP contribution in [0.3, 0.4) is 0 Å². The number of nitro benzene ring substituents is 1. The number of nitrogens with one attached hydrogen (secondary N) is 1. The topological polar surface area (TPSA) is 106 Å². The summed E-state index contributed by atoms with van der Waals surface area (Å²) in [5.74, 6) is -0.534. The van der Waals surface area contributed by atoms with Crippen LogP contribution in [0.4, 0.5) is 5.69 Å². The Hall–Kier alpha value is -2.38. The number of nitro groups is 1. The predicted octanol–water partition coefficient (Wildman–Crippen LogP) is 2.69. The summed E-state index contributed by atoms with van der Waals surface area (Å²) in [5, 5.41) is 23.2. The minimum Gasteiger partial charge on any atom is -0.472 e. The lowest BCUT2D eigenvalue weighted by molar-refractivity contribution is -0.384. The molecule has 1 atom stereocenters. The van der Waals surface area contributed by atoms with E-state index < -0.39 is 16.9 Å². The molecule has 1 aromatic carbocycles. The van der Waals surface area contributed by atoms with Crippen LogP contribution in [0.5, 0.6) is 0 Å². The number of non-ortho nitro benzene ring substituents is 1. The number of amides is 1. The molecule has 8 heteroatoms. The summed E-state index contributed by atoms with van der Waals surface area (Å²) >= 11 is 5.87. The molecule has 116 valence electrons. The van der Waals surface area contributed by atoms with Gasteiger partial charge in [-0.25, -0.2) is 0 Å². The summed E-state index contributed by atoms with van der Waals surface area (Å²) in [6.07, 6.45) is 2.38. The zero-order valence-corrected chi connectivity index (χ0v) is 12.1. The first-order valence-corrected chi connectivity index (χ1v) is 6.79. The summed E-state index contributed by atoms with van der Waals surface area (Å²) in [4.78, 5) is 22.1. The molecule has 1 unspecified atom stereocenters. The molecule has 0 fully saturated rings. The highest BCUT2D eigenvalue weighted by Gasteiger charge is 2.16. The third-order valence-corrected chi connectivity index (χ3v) is 3.37. The summed E-state index contributed by atoms with van der Waals surface area (Å²) in [7, 11) is 0. The van der Waals surface area contributed by atoms with Gasteiger partial charge in [0.25, 0.3) is 11.6 Å². The second-order valence-electron chi connectivity index (χ2n) is 4.54. The maximum Gasteiger partial charge on any atom is 0.270 e. The number of aliphatic hydroxyl groups excluding tert-OH is 1. The molecular weight excluding hydrogens is 312 g/mol. The molecule has 1 heterocycles. The standard InChI is InChI=1S/C14H13ClN2O5/c15-12-2-1-10(17(20)21)7-11(12)14(19)16-5-3-13(18)9-4-6-22-8-9/h1-2,4,6-8,13,18H,3,5H2,(H,16,19). The Bertz CT molecular complexity index is 672. The number of carbonyl (C=O) groups excluding carboxylic acids is 1. The maximum atomic E-state index is 12.0. The van der Waals surface area contributed by atoms with Crippen LogP contribution in [-0.2, 0) is 0 Å². The lowest BCUT2D eigenvalue weighted by atomic mass is 10.1. The highest BCUT2D eigenvalue weighted by atomic mass is 35.5. The molecule has 0 spiro atoms. The molecule has 2 N–H and O–H groups in total. The van der Waals surface area contributed by atoms with Gasteiger partial charge in [0, 0.05) is 24.2 Å². The van der Waals surface area contributed by atoms with E-state index in [1.54, 1.807) is 6.07 Å². The van der Waals surface area contributed by atoms with Crippen LogP contribution in [0, 0.1) is 10.1 Å². The normalized spacial score (nSPS) is 11.9. The van der Waals surface area contributed by atoms with E-state index in [0.29, 0.717) is 5.56 Å². The van der Waals surface area contributed by atoms with Crippen molar-refractivity contribution in [3.63, 3.8) is 0 Å². The highest BCUT2D eigenvalue weighted by Crippen LogP contribution is 2.22. The van der Waals surface area contributed by atoms with Gasteiger partial charge in [0.1, 0.15) is 0 Å². The lowest BCUT2D eigenvalue weighted by Crippen LogP contribution is -2.26. The SMILES string of the molecule is O=C(NCCC(O)c1ccoc1)c1cc([N+](=O)[O-])ccc1Cl. The van der Waals surface area contributed by atoms with Crippen molar-refractivity contribution in [2.75, 3.05) is 6.54 Å². The van der Waals surface area contributed by atoms with Crippen LogP contribution >= 0.6 is 11.6 Å². The van der Waals surface area contributed by atoms with Gasteiger partial charge in [-0.1, -0.05) is 11.6 Å². The maximum absolute atomic E-state index is 12.0. The van der Waals surface area contributed by atoms with Gasteiger partial charge >= 0.3 is 0 Å². The molecule has 0 aliphatic carbocycles. The number of furan rings is 1. The molecule has 2 rings (SSSR count). The van der Waals surface area contributed by atoms with E-state index in [1.807, 2.05) is 0 Å². The van der Waals surface area contributed by atoms with Gasteiger partial charge < -0.3 is 14.8 Å². The molecule has 1 amide bonds. The number of hydrogen-bond donors (Lipinski definition) is 2. The molecular formula is C14H13ClN2O5. The number of aliphatic hydroxyl groups is 1. The molecule has 7 nitrogen and oxygen atoms in total. The molecule has 0 aliphatic rings. The average molecular weight is 325 g/mol. The van der Waals surface area contributed by atoms with E-state index in [0.717, 1.165) is 6.07 Å². The van der Waals surface area contributed by atoms with Crippen LogP contribution in [0.25, 0.3) is 0 Å². The predicted molar refractivity (Wildman–Crippen MR) is 78.7 cm³/mol. The zero-order chi connectivity index (χ0) is 16.1. The highest BCUT2D eigenvalue weighted by molar-refractivity contribution is 6.33. The largest absolute Gasteiger partial charge is 0.472 e. The van der Waals surface area contributed by atoms with Crippen LogP contribution in [0.15, 0.2) is 41.2 Å². The van der Waals surface area contributed by atoms with Crippen molar-refractivity contribution in [3.8, 4) is 0 Å². The van der Waals surface area contributed by atoms with Crippen molar-refractivity contribution in [1.29, 1.82) is 0 Å². The Morgan fingerprint density at radius 2 is 2.23 bits per heavy atom. The molecule has 0 aliphatic heterocycles. The number of carbonyl (C=O) groups is 1. The van der Waals surface area contributed by atoms with Gasteiger partial charge in [0.05, 0.1) is 34.1 Å². The van der Waals surface area contributed by atoms with Crippen LogP contribution < -0.4 is 5.32 Å². The summed E-state index contributed by atoms with van der Waals surface area (Å²) in [6, 6.07) is 5.27. The summed E-state index contributed by atoms with van der Waals surface area (Å²) < 4.78 is 4.86. The summed E-state index contributed by atoms with van der Waals surface area (Å²) in [6.45, 7) is 0.185. The van der Waals surface area contributed by atoms with Gasteiger partial charge in [0.2, 0.25) is 0 Å². The third-order valence-electron chi connectivity index (χ3n) is 3.04. The Kier molecular flexibility index (Phi) is 5.13. The minimum absolute atomic E-state index is 0.0219. The number of halogens is 1. The van der Waals surface area contributed by atoms with Crippen LogP contribution in [0.2, 0.25) is 5.02 Å². The van der Waals surface area contributed by atoms with Crippen molar-refractivity contribution >= 4 is 23.2 Å². The Balaban J connectivity index is 1.95. The number of rotatable bonds is 6. The monoisotopic (exact) mass is 324 g/mol. The molecule has 0 saturated carbocycles. The molecule has 0 radical (unpaired) electrons. The van der Waals surface area contributed by atoms with E-state index >= 15 is 0 Å². The zero-order valence-electron chi connectivity index (χ0n) is 11.4. The van der Waals surface area contributed by atoms with Gasteiger partial charge in [0.15, 0.2) is 0 Å². The fourth-order valence-corrected chi connectivity index (χ4v) is 2.05. The first-order valence-electron chi connectivity index (χ1n) is 6.41. The number of nitrogens with zero attached hydrogens (tertiary/aromatic N) is 1. The smallest absolute Gasteiger partial charge is 0.270 e.